The van der Waals surface area contributed by atoms with Crippen LogP contribution < -0.4 is 0 Å². The number of hydrogen-bond donors (Lipinski definition) is 0. The summed E-state index contributed by atoms with van der Waals surface area (Å²) in [5.74, 6) is 1.87. The molecule has 2 nitrogen and oxygen atoms in total. The Morgan fingerprint density at radius 1 is 0.387 bits per heavy atom. The molecule has 0 aliphatic heterocycles. The van der Waals surface area contributed by atoms with Gasteiger partial charge in [-0.1, -0.05) is 164 Å². The van der Waals surface area contributed by atoms with Crippen molar-refractivity contribution < 1.29 is 8.98 Å². The largest absolute Gasteiger partial charge is 0.402 e. The maximum absolute atomic E-state index is 15.5. The topological polar surface area (TPSA) is 26.3 Å². The third-order valence-electron chi connectivity index (χ3n) is 14.5. The molecule has 0 radical (unpaired) electrons. The number of hydrogen-bond acceptors (Lipinski definition) is 2. The Balaban J connectivity index is 1.05. The van der Waals surface area contributed by atoms with Gasteiger partial charge in [-0.05, 0) is 169 Å². The van der Waals surface area contributed by atoms with Gasteiger partial charge in [-0.15, -0.1) is 0 Å². The van der Waals surface area contributed by atoms with Crippen molar-refractivity contribution in [2.24, 2.45) is 23.2 Å². The number of benzene rings is 9. The van der Waals surface area contributed by atoms with Gasteiger partial charge < -0.3 is 4.18 Å². The first-order valence-electron chi connectivity index (χ1n) is 22.4. The van der Waals surface area contributed by atoms with Crippen molar-refractivity contribution in [3.05, 3.63) is 200 Å². The zero-order valence-corrected chi connectivity index (χ0v) is 35.6. The predicted octanol–water partition coefficient (Wildman–Crippen LogP) is 16.1. The zero-order valence-electron chi connectivity index (χ0n) is 34.8. The van der Waals surface area contributed by atoms with Gasteiger partial charge in [0.25, 0.3) is 0 Å². The molecule has 9 aromatic carbocycles. The molecule has 13 rings (SSSR count). The molecule has 0 spiro atoms. The molecule has 4 aliphatic carbocycles. The molecular weight excluding hydrogens is 773 g/mol. The average Bonchev–Trinajstić information content (AvgIpc) is 3.32. The summed E-state index contributed by atoms with van der Waals surface area (Å²) in [6.07, 6.45) is 6.66. The van der Waals surface area contributed by atoms with Gasteiger partial charge in [0.1, 0.15) is 0 Å². The van der Waals surface area contributed by atoms with Gasteiger partial charge in [-0.25, -0.2) is 0 Å². The van der Waals surface area contributed by atoms with Crippen molar-refractivity contribution in [3.63, 3.8) is 0 Å². The second kappa shape index (κ2) is 14.9. The Labute approximate surface area is 365 Å². The third kappa shape index (κ3) is 6.20. The molecule has 0 unspecified atom stereocenters. The van der Waals surface area contributed by atoms with Crippen LogP contribution in [0.2, 0.25) is 0 Å². The van der Waals surface area contributed by atoms with E-state index in [2.05, 4.69) is 200 Å². The summed E-state index contributed by atoms with van der Waals surface area (Å²) >= 11 is 0. The van der Waals surface area contributed by atoms with Crippen LogP contribution in [0.25, 0.3) is 65.7 Å². The van der Waals surface area contributed by atoms with Gasteiger partial charge in [0.2, 0.25) is 0 Å². The Hall–Kier alpha value is -6.42. The molecule has 9 aromatic rings. The number of carbonyl (C=O) groups excluding carboxylic acids is 1. The van der Waals surface area contributed by atoms with Gasteiger partial charge in [0, 0.05) is 14.7 Å². The highest BCUT2D eigenvalue weighted by molar-refractivity contribution is 8.30. The van der Waals surface area contributed by atoms with Crippen molar-refractivity contribution >= 4 is 48.6 Å². The van der Waals surface area contributed by atoms with Gasteiger partial charge in [0.05, 0.1) is 5.41 Å². The molecule has 0 N–H and O–H groups in total. The highest BCUT2D eigenvalue weighted by Gasteiger charge is 2.57. The van der Waals surface area contributed by atoms with Crippen LogP contribution in [0.1, 0.15) is 38.5 Å². The van der Waals surface area contributed by atoms with Gasteiger partial charge in [0.15, 0.2) is 0 Å². The van der Waals surface area contributed by atoms with Crippen molar-refractivity contribution in [1.29, 1.82) is 0 Å². The summed E-state index contributed by atoms with van der Waals surface area (Å²) in [7, 11) is -2.60. The van der Waals surface area contributed by atoms with Gasteiger partial charge in [-0.3, -0.25) is 4.79 Å². The number of rotatable bonds is 8. The van der Waals surface area contributed by atoms with Crippen molar-refractivity contribution in [3.8, 4) is 33.4 Å². The lowest BCUT2D eigenvalue weighted by Crippen LogP contribution is -2.50. The van der Waals surface area contributed by atoms with Crippen LogP contribution in [-0.4, -0.2) is 5.97 Å². The minimum Gasteiger partial charge on any atom is -0.402 e. The Bertz CT molecular complexity index is 2800. The molecule has 0 saturated heterocycles. The van der Waals surface area contributed by atoms with E-state index in [1.54, 1.807) is 0 Å². The summed E-state index contributed by atoms with van der Waals surface area (Å²) in [5, 5.41) is 7.33. The van der Waals surface area contributed by atoms with Crippen LogP contribution in [0.5, 0.6) is 0 Å². The molecule has 0 heterocycles. The molecular formula is C59H48O2S. The average molecular weight is 821 g/mol. The minimum atomic E-state index is -2.60. The lowest BCUT2D eigenvalue weighted by atomic mass is 9.49. The van der Waals surface area contributed by atoms with Crippen LogP contribution in [0.4, 0.5) is 0 Å². The fourth-order valence-electron chi connectivity index (χ4n) is 12.0. The summed E-state index contributed by atoms with van der Waals surface area (Å²) in [6, 6.07) is 72.3. The fourth-order valence-corrected chi connectivity index (χ4v) is 15.1. The Morgan fingerprint density at radius 2 is 0.694 bits per heavy atom. The van der Waals surface area contributed by atoms with Crippen LogP contribution in [0, 0.1) is 23.2 Å². The van der Waals surface area contributed by atoms with E-state index < -0.39 is 15.7 Å². The summed E-state index contributed by atoms with van der Waals surface area (Å²) in [6.45, 7) is 0. The summed E-state index contributed by atoms with van der Waals surface area (Å²) in [4.78, 5) is 18.6. The van der Waals surface area contributed by atoms with E-state index in [4.69, 9.17) is 4.18 Å². The standard InChI is InChI=1S/C59H48O2S/c60-58(59-37-40-34-41(38-59)36-42(35-40)39-59)61-62(49-28-22-46(23-29-49)55-19-7-13-43-10-1-4-16-52(43)55,50-30-24-47(25-31-50)56-20-8-14-44-11-2-5-17-53(44)56)51-32-26-48(27-33-51)57-21-9-15-45-12-3-6-18-54(45)57/h1-33,40-42H,34-39H2. The van der Waals surface area contributed by atoms with E-state index in [9.17, 15) is 0 Å². The van der Waals surface area contributed by atoms with E-state index in [0.717, 1.165) is 50.6 Å². The molecule has 4 fully saturated rings. The lowest BCUT2D eigenvalue weighted by molar-refractivity contribution is -0.160. The van der Waals surface area contributed by atoms with E-state index in [1.807, 2.05) is 0 Å². The molecule has 0 aromatic heterocycles. The smallest absolute Gasteiger partial charge is 0.323 e. The first kappa shape index (κ1) is 37.4. The Kier molecular flexibility index (Phi) is 8.97. The second-order valence-corrected chi connectivity index (χ2v) is 21.0. The molecule has 4 saturated carbocycles. The second-order valence-electron chi connectivity index (χ2n) is 18.3. The van der Waals surface area contributed by atoms with Gasteiger partial charge in [-0.2, -0.15) is 0 Å². The van der Waals surface area contributed by atoms with Crippen molar-refractivity contribution in [2.75, 3.05) is 0 Å². The van der Waals surface area contributed by atoms with Crippen LogP contribution in [-0.2, 0) is 8.98 Å². The SMILES string of the molecule is O=C(OS(c1ccc(-c2cccc3ccccc23)cc1)(c1ccc(-c2cccc3ccccc23)cc1)c1ccc(-c2cccc3ccccc23)cc1)C12CC3CC(CC(C3)C1)C2. The molecule has 62 heavy (non-hydrogen) atoms. The van der Waals surface area contributed by atoms with E-state index in [0.29, 0.717) is 17.8 Å². The fraction of sp³-hybridized carbons (Fsp3) is 0.169. The molecule has 0 amide bonds. The number of carbonyl (C=O) groups is 1. The molecule has 4 aliphatic rings. The Morgan fingerprint density at radius 3 is 1.03 bits per heavy atom. The molecule has 4 bridgehead atoms. The lowest BCUT2D eigenvalue weighted by Gasteiger charge is -2.56. The minimum absolute atomic E-state index is 0.000916. The number of fused-ring (bicyclic) bond motifs is 3. The predicted molar refractivity (Wildman–Crippen MR) is 257 cm³/mol. The van der Waals surface area contributed by atoms with Gasteiger partial charge >= 0.3 is 5.97 Å². The summed E-state index contributed by atoms with van der Waals surface area (Å²) in [5.41, 5.74) is 6.58. The summed E-state index contributed by atoms with van der Waals surface area (Å²) < 4.78 is 7.57. The first-order chi connectivity index (χ1) is 30.5. The van der Waals surface area contributed by atoms with E-state index in [-0.39, 0.29) is 5.97 Å². The van der Waals surface area contributed by atoms with Crippen LogP contribution >= 0.6 is 10.3 Å². The first-order valence-corrected chi connectivity index (χ1v) is 23.9. The maximum Gasteiger partial charge on any atom is 0.323 e. The molecule has 302 valence electrons. The van der Waals surface area contributed by atoms with Crippen molar-refractivity contribution in [2.45, 2.75) is 53.2 Å². The third-order valence-corrected chi connectivity index (χ3v) is 17.7. The molecule has 0 atom stereocenters. The maximum atomic E-state index is 15.5. The normalized spacial score (nSPS) is 20.7. The van der Waals surface area contributed by atoms with Crippen LogP contribution in [0.3, 0.4) is 0 Å². The van der Waals surface area contributed by atoms with Crippen molar-refractivity contribution in [1.82, 2.24) is 0 Å². The highest BCUT2D eigenvalue weighted by Crippen LogP contribution is 2.71. The monoisotopic (exact) mass is 820 g/mol. The quantitative estimate of drug-likeness (QED) is 0.153. The molecule has 3 heteroatoms. The highest BCUT2D eigenvalue weighted by atomic mass is 32.3. The van der Waals surface area contributed by atoms with E-state index in [1.165, 1.54) is 68.3 Å². The zero-order chi connectivity index (χ0) is 41.3. The van der Waals surface area contributed by atoms with Crippen LogP contribution in [0.15, 0.2) is 215 Å². The van der Waals surface area contributed by atoms with E-state index >= 15 is 4.79 Å².